The van der Waals surface area contributed by atoms with Gasteiger partial charge in [0, 0.05) is 30.5 Å². The largest absolute Gasteiger partial charge is 0.398 e. The first-order chi connectivity index (χ1) is 7.16. The highest BCUT2D eigenvalue weighted by Gasteiger charge is 2.05. The number of ether oxygens (including phenoxy) is 1. The third kappa shape index (κ3) is 3.39. The maximum absolute atomic E-state index is 5.94. The van der Waals surface area contributed by atoms with Gasteiger partial charge in [-0.3, -0.25) is 4.98 Å². The Morgan fingerprint density at radius 1 is 1.47 bits per heavy atom. The molecule has 2 N–H and O–H groups in total. The number of anilines is 1. The first kappa shape index (κ1) is 12.3. The molecule has 4 heteroatoms. The standard InChI is InChI=1S/C11H18N2OS/c1-8-6-13-10(9(2)11(8)12)7-15-5-4-14-3/h6H,4-5,7H2,1-3H3,(H2,12,13). The summed E-state index contributed by atoms with van der Waals surface area (Å²) in [5.74, 6) is 1.89. The summed E-state index contributed by atoms with van der Waals surface area (Å²) in [6.07, 6.45) is 1.84. The quantitative estimate of drug-likeness (QED) is 0.782. The molecule has 3 nitrogen and oxygen atoms in total. The number of nitrogens with zero attached hydrogens (tertiary/aromatic N) is 1. The van der Waals surface area contributed by atoms with Gasteiger partial charge in [0.15, 0.2) is 0 Å². The van der Waals surface area contributed by atoms with E-state index < -0.39 is 0 Å². The highest BCUT2D eigenvalue weighted by molar-refractivity contribution is 7.98. The van der Waals surface area contributed by atoms with Crippen molar-refractivity contribution in [3.05, 3.63) is 23.0 Å². The Hall–Kier alpha value is -0.740. The number of nitrogens with two attached hydrogens (primary N) is 1. The van der Waals surface area contributed by atoms with Gasteiger partial charge in [-0.2, -0.15) is 11.8 Å². The van der Waals surface area contributed by atoms with Crippen molar-refractivity contribution in [2.24, 2.45) is 0 Å². The first-order valence-electron chi connectivity index (χ1n) is 4.94. The van der Waals surface area contributed by atoms with Crippen molar-refractivity contribution in [3.63, 3.8) is 0 Å². The third-order valence-electron chi connectivity index (χ3n) is 2.35. The number of methoxy groups -OCH3 is 1. The Balaban J connectivity index is 2.58. The average Bonchev–Trinajstić information content (AvgIpc) is 2.24. The molecule has 0 fully saturated rings. The van der Waals surface area contributed by atoms with Crippen molar-refractivity contribution >= 4 is 17.4 Å². The van der Waals surface area contributed by atoms with E-state index in [0.717, 1.165) is 40.6 Å². The smallest absolute Gasteiger partial charge is 0.0553 e. The molecule has 0 aromatic carbocycles. The van der Waals surface area contributed by atoms with E-state index in [9.17, 15) is 0 Å². The van der Waals surface area contributed by atoms with Crippen LogP contribution in [0.3, 0.4) is 0 Å². The molecule has 0 atom stereocenters. The van der Waals surface area contributed by atoms with Gasteiger partial charge in [0.1, 0.15) is 0 Å². The molecule has 0 unspecified atom stereocenters. The molecule has 0 spiro atoms. The lowest BCUT2D eigenvalue weighted by atomic mass is 10.1. The molecule has 15 heavy (non-hydrogen) atoms. The second kappa shape index (κ2) is 5.98. The molecule has 0 saturated carbocycles. The maximum atomic E-state index is 5.94. The van der Waals surface area contributed by atoms with Gasteiger partial charge in [0.25, 0.3) is 0 Å². The van der Waals surface area contributed by atoms with Crippen molar-refractivity contribution in [2.75, 3.05) is 25.2 Å². The van der Waals surface area contributed by atoms with Gasteiger partial charge in [-0.25, -0.2) is 0 Å². The summed E-state index contributed by atoms with van der Waals surface area (Å²) in [6.45, 7) is 4.80. The summed E-state index contributed by atoms with van der Waals surface area (Å²) < 4.78 is 4.99. The highest BCUT2D eigenvalue weighted by Crippen LogP contribution is 2.21. The van der Waals surface area contributed by atoms with Crippen LogP contribution in [0.25, 0.3) is 0 Å². The van der Waals surface area contributed by atoms with E-state index in [1.807, 2.05) is 31.8 Å². The molecule has 84 valence electrons. The second-order valence-electron chi connectivity index (χ2n) is 3.47. The molecule has 1 aromatic rings. The van der Waals surface area contributed by atoms with Crippen molar-refractivity contribution in [2.45, 2.75) is 19.6 Å². The Morgan fingerprint density at radius 3 is 2.87 bits per heavy atom. The summed E-state index contributed by atoms with van der Waals surface area (Å²) in [4.78, 5) is 4.39. The van der Waals surface area contributed by atoms with Gasteiger partial charge in [-0.05, 0) is 25.0 Å². The van der Waals surface area contributed by atoms with Crippen LogP contribution in [0.5, 0.6) is 0 Å². The van der Waals surface area contributed by atoms with Crippen LogP contribution in [0.15, 0.2) is 6.20 Å². The van der Waals surface area contributed by atoms with Crippen LogP contribution in [0.1, 0.15) is 16.8 Å². The number of hydrogen-bond donors (Lipinski definition) is 1. The summed E-state index contributed by atoms with van der Waals surface area (Å²) in [6, 6.07) is 0. The molecule has 0 aliphatic heterocycles. The summed E-state index contributed by atoms with van der Waals surface area (Å²) in [5.41, 5.74) is 10.1. The Kier molecular flexibility index (Phi) is 4.91. The van der Waals surface area contributed by atoms with Gasteiger partial charge >= 0.3 is 0 Å². The fourth-order valence-electron chi connectivity index (χ4n) is 1.25. The predicted molar refractivity (Wildman–Crippen MR) is 66.2 cm³/mol. The zero-order chi connectivity index (χ0) is 11.3. The van der Waals surface area contributed by atoms with Gasteiger partial charge < -0.3 is 10.5 Å². The maximum Gasteiger partial charge on any atom is 0.0553 e. The van der Waals surface area contributed by atoms with E-state index in [1.54, 1.807) is 7.11 Å². The molecule has 0 aliphatic carbocycles. The fraction of sp³-hybridized carbons (Fsp3) is 0.545. The molecule has 0 bridgehead atoms. The number of thioether (sulfide) groups is 1. The minimum atomic E-state index is 0.783. The van der Waals surface area contributed by atoms with Gasteiger partial charge in [0.05, 0.1) is 12.3 Å². The van der Waals surface area contributed by atoms with E-state index in [0.29, 0.717) is 0 Å². The van der Waals surface area contributed by atoms with Crippen LogP contribution in [0.2, 0.25) is 0 Å². The Bertz CT molecular complexity index is 329. The number of rotatable bonds is 5. The number of nitrogen functional groups attached to an aromatic ring is 1. The molecular weight excluding hydrogens is 208 g/mol. The van der Waals surface area contributed by atoms with Gasteiger partial charge in [-0.15, -0.1) is 0 Å². The summed E-state index contributed by atoms with van der Waals surface area (Å²) >= 11 is 1.82. The normalized spacial score (nSPS) is 10.6. The minimum Gasteiger partial charge on any atom is -0.398 e. The second-order valence-corrected chi connectivity index (χ2v) is 4.58. The van der Waals surface area contributed by atoms with Crippen molar-refractivity contribution in [1.29, 1.82) is 0 Å². The Morgan fingerprint density at radius 2 is 2.20 bits per heavy atom. The van der Waals surface area contributed by atoms with Crippen LogP contribution in [0.4, 0.5) is 5.69 Å². The van der Waals surface area contributed by atoms with E-state index in [4.69, 9.17) is 10.5 Å². The zero-order valence-corrected chi connectivity index (χ0v) is 10.4. The summed E-state index contributed by atoms with van der Waals surface area (Å²) in [5, 5.41) is 0. The van der Waals surface area contributed by atoms with Gasteiger partial charge in [-0.1, -0.05) is 0 Å². The van der Waals surface area contributed by atoms with Crippen molar-refractivity contribution in [1.82, 2.24) is 4.98 Å². The molecule has 0 saturated heterocycles. The lowest BCUT2D eigenvalue weighted by molar-refractivity contribution is 0.218. The highest BCUT2D eigenvalue weighted by atomic mass is 32.2. The van der Waals surface area contributed by atoms with Crippen LogP contribution >= 0.6 is 11.8 Å². The molecule has 1 aromatic heterocycles. The van der Waals surface area contributed by atoms with Crippen LogP contribution in [0, 0.1) is 13.8 Å². The number of hydrogen-bond acceptors (Lipinski definition) is 4. The van der Waals surface area contributed by atoms with E-state index in [1.165, 1.54) is 0 Å². The average molecular weight is 226 g/mol. The van der Waals surface area contributed by atoms with Gasteiger partial charge in [0.2, 0.25) is 0 Å². The number of pyridine rings is 1. The van der Waals surface area contributed by atoms with Crippen LogP contribution in [-0.4, -0.2) is 24.5 Å². The summed E-state index contributed by atoms with van der Waals surface area (Å²) in [7, 11) is 1.72. The van der Waals surface area contributed by atoms with E-state index in [2.05, 4.69) is 4.98 Å². The van der Waals surface area contributed by atoms with Crippen molar-refractivity contribution < 1.29 is 4.74 Å². The van der Waals surface area contributed by atoms with E-state index >= 15 is 0 Å². The molecule has 1 heterocycles. The van der Waals surface area contributed by atoms with Crippen LogP contribution < -0.4 is 5.73 Å². The lowest BCUT2D eigenvalue weighted by Crippen LogP contribution is -2.01. The first-order valence-corrected chi connectivity index (χ1v) is 6.09. The SMILES string of the molecule is COCCSCc1ncc(C)c(N)c1C. The zero-order valence-electron chi connectivity index (χ0n) is 9.54. The van der Waals surface area contributed by atoms with Crippen LogP contribution in [-0.2, 0) is 10.5 Å². The van der Waals surface area contributed by atoms with Crippen molar-refractivity contribution in [3.8, 4) is 0 Å². The third-order valence-corrected chi connectivity index (χ3v) is 3.28. The molecule has 0 amide bonds. The molecular formula is C11H18N2OS. The minimum absolute atomic E-state index is 0.783. The fourth-order valence-corrected chi connectivity index (χ4v) is 2.16. The number of aryl methyl sites for hydroxylation is 1. The lowest BCUT2D eigenvalue weighted by Gasteiger charge is -2.09. The molecule has 0 aliphatic rings. The Labute approximate surface area is 95.4 Å². The topological polar surface area (TPSA) is 48.1 Å². The molecule has 0 radical (unpaired) electrons. The monoisotopic (exact) mass is 226 g/mol. The molecule has 1 rings (SSSR count). The van der Waals surface area contributed by atoms with E-state index in [-0.39, 0.29) is 0 Å². The predicted octanol–water partition coefficient (Wildman–Crippen LogP) is 2.16. The number of aromatic nitrogens is 1.